The zero-order valence-electron chi connectivity index (χ0n) is 12.0. The van der Waals surface area contributed by atoms with Gasteiger partial charge in [-0.2, -0.15) is 0 Å². The van der Waals surface area contributed by atoms with Crippen molar-refractivity contribution in [2.45, 2.75) is 58.0 Å². The average Bonchev–Trinajstić information content (AvgIpc) is 2.25. The minimum atomic E-state index is -1.49. The first-order chi connectivity index (χ1) is 8.90. The van der Waals surface area contributed by atoms with Gasteiger partial charge in [0.05, 0.1) is 0 Å². The Morgan fingerprint density at radius 1 is 1.11 bits per heavy atom. The maximum absolute atomic E-state index is 11.7. The molecule has 1 unspecified atom stereocenters. The lowest BCUT2D eigenvalue weighted by molar-refractivity contribution is -0.190. The molecule has 19 heavy (non-hydrogen) atoms. The first-order valence-corrected chi connectivity index (χ1v) is 7.86. The molecule has 0 radical (unpaired) electrons. The van der Waals surface area contributed by atoms with E-state index in [0.29, 0.717) is 18.3 Å². The van der Waals surface area contributed by atoms with Gasteiger partial charge in [-0.1, -0.05) is 13.8 Å². The van der Waals surface area contributed by atoms with Gasteiger partial charge in [0, 0.05) is 5.92 Å². The Kier molecular flexibility index (Phi) is 3.16. The van der Waals surface area contributed by atoms with Crippen molar-refractivity contribution in [1.82, 2.24) is 0 Å². The molecule has 0 amide bonds. The van der Waals surface area contributed by atoms with E-state index in [1.54, 1.807) is 0 Å². The van der Waals surface area contributed by atoms with E-state index >= 15 is 0 Å². The third-order valence-corrected chi connectivity index (χ3v) is 5.87. The summed E-state index contributed by atoms with van der Waals surface area (Å²) in [6.07, 6.45) is 6.39. The van der Waals surface area contributed by atoms with Crippen LogP contribution in [0.15, 0.2) is 0 Å². The Hall–Kier alpha value is -0.570. The molecule has 0 saturated heterocycles. The Morgan fingerprint density at radius 2 is 1.58 bits per heavy atom. The van der Waals surface area contributed by atoms with Crippen LogP contribution in [0.3, 0.4) is 0 Å². The number of carbonyl (C=O) groups is 1. The Balaban J connectivity index is 1.88. The molecular weight excluding hydrogens is 240 g/mol. The molecule has 0 aromatic carbocycles. The lowest BCUT2D eigenvalue weighted by Gasteiger charge is -2.57. The molecule has 0 heterocycles. The van der Waals surface area contributed by atoms with Crippen LogP contribution in [-0.4, -0.2) is 21.8 Å². The molecule has 4 rings (SSSR count). The van der Waals surface area contributed by atoms with Gasteiger partial charge in [-0.15, -0.1) is 0 Å². The monoisotopic (exact) mass is 266 g/mol. The second-order valence-corrected chi connectivity index (χ2v) is 7.78. The highest BCUT2D eigenvalue weighted by atomic mass is 16.4. The Morgan fingerprint density at radius 3 is 1.95 bits per heavy atom. The SMILES string of the molecule is CC(C)CC(O)(C(=O)O)C1C2CC3CC(C2)CC1C3. The number of carboxylic acids is 1. The van der Waals surface area contributed by atoms with Gasteiger partial charge in [0.2, 0.25) is 0 Å². The van der Waals surface area contributed by atoms with Gasteiger partial charge in [0.1, 0.15) is 0 Å². The highest BCUT2D eigenvalue weighted by Crippen LogP contribution is 2.59. The standard InChI is InChI=1S/C16H26O3/c1-9(2)8-16(19,15(17)18)14-12-4-10-3-11(6-12)7-13(14)5-10/h9-14,19H,3-8H2,1-2H3,(H,17,18). The lowest BCUT2D eigenvalue weighted by Crippen LogP contribution is -2.58. The van der Waals surface area contributed by atoms with E-state index in [9.17, 15) is 15.0 Å². The molecular formula is C16H26O3. The Labute approximate surface area is 115 Å². The van der Waals surface area contributed by atoms with Crippen molar-refractivity contribution in [1.29, 1.82) is 0 Å². The van der Waals surface area contributed by atoms with Crippen LogP contribution >= 0.6 is 0 Å². The normalized spacial score (nSPS) is 43.5. The second kappa shape index (κ2) is 4.47. The third-order valence-electron chi connectivity index (χ3n) is 5.87. The van der Waals surface area contributed by atoms with Crippen molar-refractivity contribution in [2.24, 2.45) is 35.5 Å². The van der Waals surface area contributed by atoms with Crippen molar-refractivity contribution < 1.29 is 15.0 Å². The largest absolute Gasteiger partial charge is 0.479 e. The van der Waals surface area contributed by atoms with Gasteiger partial charge in [0.25, 0.3) is 0 Å². The van der Waals surface area contributed by atoms with Crippen LogP contribution in [-0.2, 0) is 4.79 Å². The second-order valence-electron chi connectivity index (χ2n) is 7.78. The minimum absolute atomic E-state index is 0.000185. The van der Waals surface area contributed by atoms with E-state index in [1.165, 1.54) is 6.42 Å². The zero-order valence-corrected chi connectivity index (χ0v) is 12.0. The first kappa shape index (κ1) is 13.4. The molecule has 0 aliphatic heterocycles. The van der Waals surface area contributed by atoms with Gasteiger partial charge in [-0.05, 0) is 68.1 Å². The van der Waals surface area contributed by atoms with Crippen molar-refractivity contribution in [2.75, 3.05) is 0 Å². The fourth-order valence-electron chi connectivity index (χ4n) is 5.69. The molecule has 4 saturated carbocycles. The molecule has 4 bridgehead atoms. The predicted molar refractivity (Wildman–Crippen MR) is 72.6 cm³/mol. The van der Waals surface area contributed by atoms with Crippen molar-refractivity contribution in [3.63, 3.8) is 0 Å². The lowest BCUT2D eigenvalue weighted by atomic mass is 9.48. The molecule has 108 valence electrons. The van der Waals surface area contributed by atoms with E-state index in [-0.39, 0.29) is 11.8 Å². The molecule has 4 aliphatic rings. The topological polar surface area (TPSA) is 57.5 Å². The van der Waals surface area contributed by atoms with Gasteiger partial charge in [-0.3, -0.25) is 0 Å². The summed E-state index contributed by atoms with van der Waals surface area (Å²) in [6, 6.07) is 0. The van der Waals surface area contributed by atoms with Crippen LogP contribution in [0.1, 0.15) is 52.4 Å². The summed E-state index contributed by atoms with van der Waals surface area (Å²) in [4.78, 5) is 11.7. The number of rotatable bonds is 4. The number of aliphatic hydroxyl groups is 1. The number of aliphatic carboxylic acids is 1. The van der Waals surface area contributed by atoms with E-state index in [2.05, 4.69) is 0 Å². The van der Waals surface area contributed by atoms with Crippen LogP contribution in [0.4, 0.5) is 0 Å². The van der Waals surface area contributed by atoms with E-state index in [4.69, 9.17) is 0 Å². The summed E-state index contributed by atoms with van der Waals surface area (Å²) in [6.45, 7) is 4.01. The van der Waals surface area contributed by atoms with Crippen LogP contribution < -0.4 is 0 Å². The van der Waals surface area contributed by atoms with Crippen LogP contribution in [0, 0.1) is 35.5 Å². The summed E-state index contributed by atoms with van der Waals surface area (Å²) in [7, 11) is 0. The van der Waals surface area contributed by atoms with Gasteiger partial charge < -0.3 is 10.2 Å². The molecule has 3 nitrogen and oxygen atoms in total. The fraction of sp³-hybridized carbons (Fsp3) is 0.938. The quantitative estimate of drug-likeness (QED) is 0.822. The third kappa shape index (κ3) is 2.10. The van der Waals surface area contributed by atoms with Crippen molar-refractivity contribution >= 4 is 5.97 Å². The van der Waals surface area contributed by atoms with E-state index < -0.39 is 11.6 Å². The van der Waals surface area contributed by atoms with Gasteiger partial charge >= 0.3 is 5.97 Å². The van der Waals surface area contributed by atoms with Crippen molar-refractivity contribution in [3.05, 3.63) is 0 Å². The summed E-state index contributed by atoms with van der Waals surface area (Å²) in [5.74, 6) is 1.77. The minimum Gasteiger partial charge on any atom is -0.479 e. The molecule has 0 aromatic heterocycles. The number of hydrogen-bond donors (Lipinski definition) is 2. The predicted octanol–water partition coefficient (Wildman–Crippen LogP) is 2.92. The van der Waals surface area contributed by atoms with Crippen LogP contribution in [0.5, 0.6) is 0 Å². The maximum atomic E-state index is 11.7. The summed E-state index contributed by atoms with van der Waals surface area (Å²) < 4.78 is 0. The fourth-order valence-corrected chi connectivity index (χ4v) is 5.69. The molecule has 4 fully saturated rings. The molecule has 4 aliphatic carbocycles. The van der Waals surface area contributed by atoms with Crippen LogP contribution in [0.25, 0.3) is 0 Å². The summed E-state index contributed by atoms with van der Waals surface area (Å²) in [5, 5.41) is 20.5. The molecule has 1 atom stereocenters. The molecule has 0 aromatic rings. The van der Waals surface area contributed by atoms with Crippen LogP contribution in [0.2, 0.25) is 0 Å². The smallest absolute Gasteiger partial charge is 0.335 e. The number of hydrogen-bond acceptors (Lipinski definition) is 2. The molecule has 2 N–H and O–H groups in total. The van der Waals surface area contributed by atoms with Gasteiger partial charge in [-0.25, -0.2) is 4.79 Å². The maximum Gasteiger partial charge on any atom is 0.335 e. The molecule has 0 spiro atoms. The number of carboxylic acid groups (broad SMARTS) is 1. The first-order valence-electron chi connectivity index (χ1n) is 7.86. The highest BCUT2D eigenvalue weighted by Gasteiger charge is 2.58. The van der Waals surface area contributed by atoms with Crippen molar-refractivity contribution in [3.8, 4) is 0 Å². The summed E-state index contributed by atoms with van der Waals surface area (Å²) >= 11 is 0. The highest BCUT2D eigenvalue weighted by molar-refractivity contribution is 5.77. The van der Waals surface area contributed by atoms with E-state index in [0.717, 1.165) is 37.5 Å². The van der Waals surface area contributed by atoms with E-state index in [1.807, 2.05) is 13.8 Å². The van der Waals surface area contributed by atoms with Gasteiger partial charge in [0.15, 0.2) is 5.60 Å². The zero-order chi connectivity index (χ0) is 13.8. The average molecular weight is 266 g/mol. The Bertz CT molecular complexity index is 348. The summed E-state index contributed by atoms with van der Waals surface area (Å²) in [5.41, 5.74) is -1.49. The molecule has 3 heteroatoms.